The van der Waals surface area contributed by atoms with Gasteiger partial charge in [0, 0.05) is 25.7 Å². The van der Waals surface area contributed by atoms with E-state index in [0.717, 1.165) is 31.6 Å². The highest BCUT2D eigenvalue weighted by Crippen LogP contribution is 2.38. The third-order valence-corrected chi connectivity index (χ3v) is 10.3. The molecule has 1 aromatic rings. The van der Waals surface area contributed by atoms with Gasteiger partial charge in [-0.1, -0.05) is 32.9 Å². The molecule has 2 rings (SSSR count). The maximum absolute atomic E-state index is 12.3. The van der Waals surface area contributed by atoms with Gasteiger partial charge in [-0.15, -0.1) is 13.2 Å². The quantitative estimate of drug-likeness (QED) is 0.636. The Bertz CT molecular complexity index is 630. The van der Waals surface area contributed by atoms with Crippen molar-refractivity contribution >= 4 is 8.32 Å². The summed E-state index contributed by atoms with van der Waals surface area (Å²) in [6.07, 6.45) is -3.40. The number of nitrogens with one attached hydrogen (secondary N) is 1. The number of halogens is 3. The average Bonchev–Trinajstić information content (AvgIpc) is 2.97. The highest BCUT2D eigenvalue weighted by Gasteiger charge is 2.40. The van der Waals surface area contributed by atoms with Crippen molar-refractivity contribution in [1.29, 1.82) is 0 Å². The normalized spacial score (nSPS) is 20.4. The average molecular weight is 419 g/mol. The Kier molecular flexibility index (Phi) is 7.23. The molecule has 0 aliphatic carbocycles. The molecule has 0 amide bonds. The van der Waals surface area contributed by atoms with Crippen molar-refractivity contribution in [3.8, 4) is 5.75 Å². The third kappa shape index (κ3) is 6.47. The van der Waals surface area contributed by atoms with Crippen molar-refractivity contribution in [2.75, 3.05) is 26.7 Å². The van der Waals surface area contributed by atoms with Crippen LogP contribution in [0.5, 0.6) is 5.75 Å². The molecule has 0 aromatic heterocycles. The zero-order valence-electron chi connectivity index (χ0n) is 17.7. The summed E-state index contributed by atoms with van der Waals surface area (Å²) in [5, 5.41) is 3.45. The maximum atomic E-state index is 12.3. The van der Waals surface area contributed by atoms with Crippen LogP contribution in [0, 0.1) is 0 Å². The summed E-state index contributed by atoms with van der Waals surface area (Å²) in [5.41, 5.74) is 0.936. The molecule has 1 aliphatic heterocycles. The fraction of sp³-hybridized carbons (Fsp3) is 0.700. The lowest BCUT2D eigenvalue weighted by Gasteiger charge is -2.38. The van der Waals surface area contributed by atoms with Gasteiger partial charge in [0.05, 0.1) is 6.10 Å². The number of hydrogen-bond acceptors (Lipinski definition) is 4. The predicted molar refractivity (Wildman–Crippen MR) is 108 cm³/mol. The van der Waals surface area contributed by atoms with Gasteiger partial charge in [-0.05, 0) is 49.3 Å². The number of rotatable bonds is 7. The zero-order chi connectivity index (χ0) is 21.2. The van der Waals surface area contributed by atoms with E-state index in [1.807, 2.05) is 7.05 Å². The van der Waals surface area contributed by atoms with Gasteiger partial charge in [0.2, 0.25) is 0 Å². The predicted octanol–water partition coefficient (Wildman–Crippen LogP) is 4.94. The Morgan fingerprint density at radius 2 is 1.79 bits per heavy atom. The Hall–Kier alpha value is -1.09. The van der Waals surface area contributed by atoms with Gasteiger partial charge in [0.1, 0.15) is 5.75 Å². The van der Waals surface area contributed by atoms with Crippen LogP contribution < -0.4 is 10.1 Å². The summed E-state index contributed by atoms with van der Waals surface area (Å²) in [4.78, 5) is 2.36. The number of alkyl halides is 3. The standard InChI is InChI=1S/C20H33F3N2O2Si/c1-19(2,3)28(5,6)27-17-11-12-25(13-17)14-18(24-4)15-7-9-16(10-8-15)26-20(21,22)23/h7-10,17-18,24H,11-14H2,1-6H3/t17-,18+/m0/s1. The van der Waals surface area contributed by atoms with E-state index < -0.39 is 14.7 Å². The molecule has 8 heteroatoms. The Morgan fingerprint density at radius 1 is 1.18 bits per heavy atom. The van der Waals surface area contributed by atoms with Crippen molar-refractivity contribution in [1.82, 2.24) is 10.2 Å². The molecule has 1 saturated heterocycles. The molecule has 1 N–H and O–H groups in total. The summed E-state index contributed by atoms with van der Waals surface area (Å²) >= 11 is 0. The van der Waals surface area contributed by atoms with Crippen LogP contribution in [0.2, 0.25) is 18.1 Å². The molecular weight excluding hydrogens is 385 g/mol. The van der Waals surface area contributed by atoms with Gasteiger partial charge in [-0.2, -0.15) is 0 Å². The summed E-state index contributed by atoms with van der Waals surface area (Å²) in [6.45, 7) is 13.9. The smallest absolute Gasteiger partial charge is 0.413 e. The number of benzene rings is 1. The molecule has 1 aromatic carbocycles. The summed E-state index contributed by atoms with van der Waals surface area (Å²) < 4.78 is 47.4. The molecule has 0 spiro atoms. The highest BCUT2D eigenvalue weighted by molar-refractivity contribution is 6.74. The monoisotopic (exact) mass is 418 g/mol. The summed E-state index contributed by atoms with van der Waals surface area (Å²) in [7, 11) is 0.0797. The number of likely N-dealkylation sites (tertiary alicyclic amines) is 1. The molecule has 1 heterocycles. The maximum Gasteiger partial charge on any atom is 0.573 e. The molecule has 0 bridgehead atoms. The van der Waals surface area contributed by atoms with Crippen LogP contribution >= 0.6 is 0 Å². The molecule has 0 saturated carbocycles. The molecule has 2 atom stereocenters. The second-order valence-corrected chi connectivity index (χ2v) is 13.8. The fourth-order valence-electron chi connectivity index (χ4n) is 3.18. The Balaban J connectivity index is 1.93. The first-order valence-electron chi connectivity index (χ1n) is 9.74. The molecule has 0 unspecified atom stereocenters. The topological polar surface area (TPSA) is 33.7 Å². The van der Waals surface area contributed by atoms with E-state index in [1.54, 1.807) is 12.1 Å². The van der Waals surface area contributed by atoms with Crippen molar-refractivity contribution < 1.29 is 22.3 Å². The van der Waals surface area contributed by atoms with Crippen molar-refractivity contribution in [3.63, 3.8) is 0 Å². The lowest BCUT2D eigenvalue weighted by atomic mass is 10.1. The first-order valence-corrected chi connectivity index (χ1v) is 12.6. The van der Waals surface area contributed by atoms with Crippen LogP contribution in [-0.2, 0) is 4.43 Å². The van der Waals surface area contributed by atoms with Crippen molar-refractivity contribution in [2.24, 2.45) is 0 Å². The van der Waals surface area contributed by atoms with Crippen molar-refractivity contribution in [2.45, 2.75) is 63.8 Å². The van der Waals surface area contributed by atoms with Crippen LogP contribution in [0.25, 0.3) is 0 Å². The van der Waals surface area contributed by atoms with Crippen LogP contribution in [0.3, 0.4) is 0 Å². The lowest BCUT2D eigenvalue weighted by molar-refractivity contribution is -0.274. The summed E-state index contributed by atoms with van der Waals surface area (Å²) in [5.74, 6) is -0.199. The largest absolute Gasteiger partial charge is 0.573 e. The molecule has 28 heavy (non-hydrogen) atoms. The molecule has 0 radical (unpaired) electrons. The van der Waals surface area contributed by atoms with Gasteiger partial charge in [0.25, 0.3) is 0 Å². The SMILES string of the molecule is CN[C@H](CN1CC[C@H](O[Si](C)(C)C(C)(C)C)C1)c1ccc(OC(F)(F)F)cc1. The molecule has 4 nitrogen and oxygen atoms in total. The van der Waals surface area contributed by atoms with Crippen LogP contribution in [-0.4, -0.2) is 52.4 Å². The Morgan fingerprint density at radius 3 is 2.29 bits per heavy atom. The van der Waals surface area contributed by atoms with E-state index in [0.29, 0.717) is 0 Å². The lowest BCUT2D eigenvalue weighted by Crippen LogP contribution is -2.44. The third-order valence-electron chi connectivity index (χ3n) is 5.80. The fourth-order valence-corrected chi connectivity index (χ4v) is 4.56. The second-order valence-electron chi connectivity index (χ2n) is 9.01. The first-order chi connectivity index (χ1) is 12.8. The number of likely N-dealkylation sites (N-methyl/N-ethyl adjacent to an activating group) is 1. The molecule has 1 aliphatic rings. The van der Waals surface area contributed by atoms with E-state index in [9.17, 15) is 13.2 Å². The van der Waals surface area contributed by atoms with Gasteiger partial charge in [-0.25, -0.2) is 0 Å². The molecule has 1 fully saturated rings. The van der Waals surface area contributed by atoms with Gasteiger partial charge in [-0.3, -0.25) is 4.90 Å². The van der Waals surface area contributed by atoms with E-state index in [2.05, 4.69) is 48.8 Å². The van der Waals surface area contributed by atoms with E-state index in [4.69, 9.17) is 4.43 Å². The van der Waals surface area contributed by atoms with E-state index in [1.165, 1.54) is 12.1 Å². The van der Waals surface area contributed by atoms with Crippen molar-refractivity contribution in [3.05, 3.63) is 29.8 Å². The molecule has 160 valence electrons. The first kappa shape index (κ1) is 23.2. The van der Waals surface area contributed by atoms with Gasteiger partial charge in [0.15, 0.2) is 8.32 Å². The van der Waals surface area contributed by atoms with E-state index in [-0.39, 0.29) is 22.9 Å². The number of ether oxygens (including phenoxy) is 1. The minimum absolute atomic E-state index is 0.0338. The number of nitrogens with zero attached hydrogens (tertiary/aromatic N) is 1. The molecular formula is C20H33F3N2O2Si. The van der Waals surface area contributed by atoms with E-state index >= 15 is 0 Å². The minimum Gasteiger partial charge on any atom is -0.413 e. The zero-order valence-corrected chi connectivity index (χ0v) is 18.7. The second kappa shape index (κ2) is 8.73. The minimum atomic E-state index is -4.67. The van der Waals surface area contributed by atoms with Crippen LogP contribution in [0.1, 0.15) is 38.8 Å². The van der Waals surface area contributed by atoms with Crippen LogP contribution in [0.4, 0.5) is 13.2 Å². The van der Waals surface area contributed by atoms with Gasteiger partial charge < -0.3 is 14.5 Å². The summed E-state index contributed by atoms with van der Waals surface area (Å²) in [6, 6.07) is 6.12. The van der Waals surface area contributed by atoms with Crippen LogP contribution in [0.15, 0.2) is 24.3 Å². The highest BCUT2D eigenvalue weighted by atomic mass is 28.4. The van der Waals surface area contributed by atoms with Gasteiger partial charge >= 0.3 is 6.36 Å². The number of hydrogen-bond donors (Lipinski definition) is 1. The Labute approximate surface area is 167 Å².